The van der Waals surface area contributed by atoms with Crippen molar-refractivity contribution in [3.63, 3.8) is 0 Å². The van der Waals surface area contributed by atoms with Crippen molar-refractivity contribution in [1.29, 1.82) is 5.26 Å². The van der Waals surface area contributed by atoms with Crippen LogP contribution in [0.3, 0.4) is 0 Å². The maximum atomic E-state index is 13.9. The molecule has 1 amide bonds. The minimum Gasteiger partial charge on any atom is -0.378 e. The Morgan fingerprint density at radius 1 is 1.66 bits per heavy atom. The van der Waals surface area contributed by atoms with Crippen molar-refractivity contribution in [2.75, 3.05) is 0 Å². The summed E-state index contributed by atoms with van der Waals surface area (Å²) in [6.45, 7) is 9.40. The van der Waals surface area contributed by atoms with Crippen LogP contribution in [0, 0.1) is 17.1 Å². The number of thioether (sulfide) groups is 1. The number of hydrogen-bond acceptors (Lipinski definition) is 7. The SMILES string of the molecule is C=C/C(=C\N=C(\Cl)C[C@]1(C)CC(=C)SC(N)=N1)NC(=O)c1ncc(C#N)cc1F. The quantitative estimate of drug-likeness (QED) is 0.526. The largest absolute Gasteiger partial charge is 0.378 e. The average molecular weight is 433 g/mol. The number of aliphatic imine (C=N–C) groups is 2. The normalized spacial score (nSPS) is 19.9. The lowest BCUT2D eigenvalue weighted by atomic mass is 9.95. The standard InChI is InChI=1S/C19H18ClFN6OS/c1-4-13(26-17(28)16-14(21)5-12(8-22)9-25-16)10-24-15(20)7-19(3)6-11(2)29-18(23)27-19/h4-5,9-10H,1-2,6-7H2,3H3,(H2,23,27)(H,26,28)/b13-10+,24-15+/t19-/m0/s1. The third kappa shape index (κ3) is 6.27. The zero-order chi connectivity index (χ0) is 21.6. The summed E-state index contributed by atoms with van der Waals surface area (Å²) in [4.78, 5) is 25.3. The second kappa shape index (κ2) is 9.49. The van der Waals surface area contributed by atoms with Crippen LogP contribution in [-0.4, -0.2) is 26.8 Å². The summed E-state index contributed by atoms with van der Waals surface area (Å²) in [5.41, 5.74) is 4.99. The van der Waals surface area contributed by atoms with E-state index >= 15 is 0 Å². The van der Waals surface area contributed by atoms with Gasteiger partial charge in [-0.1, -0.05) is 36.5 Å². The smallest absolute Gasteiger partial charge is 0.277 e. The van der Waals surface area contributed by atoms with Crippen molar-refractivity contribution >= 4 is 39.6 Å². The molecule has 0 unspecified atom stereocenters. The van der Waals surface area contributed by atoms with Gasteiger partial charge in [0.15, 0.2) is 16.7 Å². The van der Waals surface area contributed by atoms with E-state index < -0.39 is 23.0 Å². The molecule has 0 fully saturated rings. The fourth-order valence-corrected chi connectivity index (χ4v) is 3.81. The maximum absolute atomic E-state index is 13.9. The van der Waals surface area contributed by atoms with Crippen LogP contribution >= 0.6 is 23.4 Å². The van der Waals surface area contributed by atoms with Gasteiger partial charge in [-0.3, -0.25) is 9.79 Å². The molecule has 150 valence electrons. The summed E-state index contributed by atoms with van der Waals surface area (Å²) in [5, 5.41) is 11.8. The van der Waals surface area contributed by atoms with Crippen LogP contribution in [0.5, 0.6) is 0 Å². The van der Waals surface area contributed by atoms with Crippen molar-refractivity contribution in [1.82, 2.24) is 10.3 Å². The van der Waals surface area contributed by atoms with E-state index in [1.807, 2.05) is 6.92 Å². The highest BCUT2D eigenvalue weighted by atomic mass is 35.5. The number of rotatable bonds is 6. The molecular formula is C19H18ClFN6OS. The molecule has 7 nitrogen and oxygen atoms in total. The van der Waals surface area contributed by atoms with Gasteiger partial charge < -0.3 is 11.1 Å². The zero-order valence-electron chi connectivity index (χ0n) is 15.6. The Kier molecular flexibility index (Phi) is 7.31. The summed E-state index contributed by atoms with van der Waals surface area (Å²) in [6.07, 6.45) is 4.63. The van der Waals surface area contributed by atoms with Crippen LogP contribution < -0.4 is 11.1 Å². The van der Waals surface area contributed by atoms with Gasteiger partial charge in [-0.2, -0.15) is 5.26 Å². The molecule has 1 aromatic rings. The van der Waals surface area contributed by atoms with E-state index in [-0.39, 0.29) is 16.4 Å². The molecule has 0 aromatic carbocycles. The Morgan fingerprint density at radius 2 is 2.38 bits per heavy atom. The number of amidine groups is 1. The predicted octanol–water partition coefficient (Wildman–Crippen LogP) is 3.60. The molecular weight excluding hydrogens is 415 g/mol. The van der Waals surface area contributed by atoms with Crippen LogP contribution in [-0.2, 0) is 0 Å². The van der Waals surface area contributed by atoms with E-state index in [9.17, 15) is 9.18 Å². The molecule has 29 heavy (non-hydrogen) atoms. The molecule has 0 saturated carbocycles. The second-order valence-corrected chi connectivity index (χ2v) is 7.99. The summed E-state index contributed by atoms with van der Waals surface area (Å²) in [6, 6.07) is 2.67. The van der Waals surface area contributed by atoms with Gasteiger partial charge in [-0.05, 0) is 24.0 Å². The first kappa shape index (κ1) is 22.3. The number of aromatic nitrogens is 1. The number of carbonyl (C=O) groups is 1. The molecule has 0 saturated heterocycles. The van der Waals surface area contributed by atoms with Gasteiger partial charge >= 0.3 is 0 Å². The van der Waals surface area contributed by atoms with Crippen molar-refractivity contribution in [2.45, 2.75) is 25.3 Å². The summed E-state index contributed by atoms with van der Waals surface area (Å²) in [7, 11) is 0. The molecule has 1 atom stereocenters. The number of nitriles is 1. The number of amides is 1. The predicted molar refractivity (Wildman–Crippen MR) is 114 cm³/mol. The number of allylic oxidation sites excluding steroid dienone is 1. The van der Waals surface area contributed by atoms with E-state index in [0.29, 0.717) is 18.0 Å². The van der Waals surface area contributed by atoms with Crippen molar-refractivity contribution in [2.24, 2.45) is 15.7 Å². The molecule has 0 bridgehead atoms. The minimum atomic E-state index is -0.912. The maximum Gasteiger partial charge on any atom is 0.277 e. The Morgan fingerprint density at radius 3 is 2.97 bits per heavy atom. The first-order valence-electron chi connectivity index (χ1n) is 8.28. The molecule has 10 heteroatoms. The van der Waals surface area contributed by atoms with Gasteiger partial charge in [0.1, 0.15) is 11.2 Å². The second-order valence-electron chi connectivity index (χ2n) is 6.36. The molecule has 1 aliphatic rings. The van der Waals surface area contributed by atoms with Crippen molar-refractivity contribution in [3.8, 4) is 6.07 Å². The zero-order valence-corrected chi connectivity index (χ0v) is 17.1. The third-order valence-corrected chi connectivity index (χ3v) is 4.71. The number of nitrogens with two attached hydrogens (primary N) is 1. The number of halogens is 2. The molecule has 1 aliphatic heterocycles. The lowest BCUT2D eigenvalue weighted by Gasteiger charge is -2.29. The third-order valence-electron chi connectivity index (χ3n) is 3.74. The van der Waals surface area contributed by atoms with Crippen LogP contribution in [0.4, 0.5) is 4.39 Å². The fraction of sp³-hybridized carbons (Fsp3) is 0.211. The Hall–Kier alpha value is -2.96. The first-order valence-corrected chi connectivity index (χ1v) is 9.48. The molecule has 0 spiro atoms. The van der Waals surface area contributed by atoms with Crippen LogP contribution in [0.1, 0.15) is 35.8 Å². The molecule has 1 aromatic heterocycles. The highest BCUT2D eigenvalue weighted by molar-refractivity contribution is 8.17. The average Bonchev–Trinajstić information content (AvgIpc) is 2.63. The lowest BCUT2D eigenvalue weighted by Crippen LogP contribution is -2.31. The van der Waals surface area contributed by atoms with E-state index in [4.69, 9.17) is 22.6 Å². The van der Waals surface area contributed by atoms with Crippen LogP contribution in [0.15, 0.2) is 58.3 Å². The molecule has 0 radical (unpaired) electrons. The van der Waals surface area contributed by atoms with Crippen molar-refractivity contribution in [3.05, 3.63) is 65.4 Å². The number of carbonyl (C=O) groups excluding carboxylic acids is 1. The molecule has 2 rings (SSSR count). The van der Waals surface area contributed by atoms with Gasteiger partial charge in [-0.25, -0.2) is 14.4 Å². The van der Waals surface area contributed by atoms with Gasteiger partial charge in [0.25, 0.3) is 5.91 Å². The highest BCUT2D eigenvalue weighted by Gasteiger charge is 2.30. The van der Waals surface area contributed by atoms with E-state index in [2.05, 4.69) is 33.4 Å². The first-order chi connectivity index (χ1) is 13.7. The van der Waals surface area contributed by atoms with Gasteiger partial charge in [-0.15, -0.1) is 0 Å². The lowest BCUT2D eigenvalue weighted by molar-refractivity contribution is 0.0957. The molecule has 0 aliphatic carbocycles. The Labute approximate surface area is 177 Å². The molecule has 3 N–H and O–H groups in total. The number of hydrogen-bond donors (Lipinski definition) is 2. The van der Waals surface area contributed by atoms with Crippen LogP contribution in [0.2, 0.25) is 0 Å². The summed E-state index contributed by atoms with van der Waals surface area (Å²) < 4.78 is 13.9. The Bertz CT molecular complexity index is 997. The minimum absolute atomic E-state index is 0.00973. The van der Waals surface area contributed by atoms with Crippen LogP contribution in [0.25, 0.3) is 0 Å². The van der Waals surface area contributed by atoms with E-state index in [1.165, 1.54) is 24.0 Å². The topological polar surface area (TPSA) is 117 Å². The van der Waals surface area contributed by atoms with E-state index in [0.717, 1.165) is 17.2 Å². The Balaban J connectivity index is 2.12. The number of nitrogens with one attached hydrogen (secondary N) is 1. The number of nitrogens with zero attached hydrogens (tertiary/aromatic N) is 4. The van der Waals surface area contributed by atoms with Crippen molar-refractivity contribution < 1.29 is 9.18 Å². The highest BCUT2D eigenvalue weighted by Crippen LogP contribution is 2.35. The molecule has 2 heterocycles. The summed E-state index contributed by atoms with van der Waals surface area (Å²) in [5.74, 6) is -1.72. The van der Waals surface area contributed by atoms with Gasteiger partial charge in [0.05, 0.1) is 23.0 Å². The summed E-state index contributed by atoms with van der Waals surface area (Å²) >= 11 is 7.55. The number of pyridine rings is 1. The van der Waals surface area contributed by atoms with Gasteiger partial charge in [0, 0.05) is 19.0 Å². The van der Waals surface area contributed by atoms with Gasteiger partial charge in [0.2, 0.25) is 0 Å². The fourth-order valence-electron chi connectivity index (χ4n) is 2.53. The van der Waals surface area contributed by atoms with E-state index in [1.54, 1.807) is 6.07 Å². The monoisotopic (exact) mass is 432 g/mol.